The fourth-order valence-corrected chi connectivity index (χ4v) is 3.10. The summed E-state index contributed by atoms with van der Waals surface area (Å²) in [7, 11) is 0. The van der Waals surface area contributed by atoms with Gasteiger partial charge in [0.2, 0.25) is 0 Å². The number of hydrogen-bond acceptors (Lipinski definition) is 2. The predicted molar refractivity (Wildman–Crippen MR) is 82.2 cm³/mol. The number of nitrogens with two attached hydrogens (primary N) is 1. The summed E-state index contributed by atoms with van der Waals surface area (Å²) in [6, 6.07) is 3.99. The molecule has 0 unspecified atom stereocenters. The molecule has 0 heterocycles. The third kappa shape index (κ3) is 3.72. The molecule has 2 rings (SSSR count). The minimum atomic E-state index is -0.00241. The number of benzene rings is 1. The highest BCUT2D eigenvalue weighted by atomic mass is 79.9. The van der Waals surface area contributed by atoms with Crippen molar-refractivity contribution in [3.63, 3.8) is 0 Å². The maximum Gasteiger partial charge on any atom is 0.251 e. The number of amides is 1. The largest absolute Gasteiger partial charge is 0.398 e. The van der Waals surface area contributed by atoms with Gasteiger partial charge in [0, 0.05) is 21.8 Å². The van der Waals surface area contributed by atoms with E-state index in [0.29, 0.717) is 17.3 Å². The summed E-state index contributed by atoms with van der Waals surface area (Å²) in [5.41, 5.74) is 8.09. The van der Waals surface area contributed by atoms with E-state index in [9.17, 15) is 4.79 Å². The zero-order valence-electron chi connectivity index (χ0n) is 11.3. The Labute approximate surface area is 123 Å². The van der Waals surface area contributed by atoms with Gasteiger partial charge in [-0.2, -0.15) is 0 Å². The van der Waals surface area contributed by atoms with Gasteiger partial charge in [-0.15, -0.1) is 0 Å². The van der Waals surface area contributed by atoms with Crippen LogP contribution in [0.1, 0.15) is 54.4 Å². The van der Waals surface area contributed by atoms with Gasteiger partial charge >= 0.3 is 0 Å². The molecular weight excluding hydrogens is 304 g/mol. The monoisotopic (exact) mass is 324 g/mol. The van der Waals surface area contributed by atoms with E-state index in [4.69, 9.17) is 5.73 Å². The third-order valence-electron chi connectivity index (χ3n) is 3.85. The molecule has 1 aliphatic rings. The van der Waals surface area contributed by atoms with Gasteiger partial charge in [-0.25, -0.2) is 0 Å². The average molecular weight is 325 g/mol. The number of hydrogen-bond donors (Lipinski definition) is 2. The van der Waals surface area contributed by atoms with Gasteiger partial charge in [-0.1, -0.05) is 41.6 Å². The van der Waals surface area contributed by atoms with Crippen LogP contribution in [0.15, 0.2) is 16.6 Å². The zero-order chi connectivity index (χ0) is 13.8. The van der Waals surface area contributed by atoms with Crippen LogP contribution in [0.4, 0.5) is 5.69 Å². The Kier molecular flexibility index (Phi) is 4.86. The first-order chi connectivity index (χ1) is 9.08. The van der Waals surface area contributed by atoms with Crippen LogP contribution in [0.3, 0.4) is 0 Å². The van der Waals surface area contributed by atoms with E-state index in [0.717, 1.165) is 22.9 Å². The molecule has 0 atom stereocenters. The molecule has 1 amide bonds. The Balaban J connectivity index is 2.11. The maximum absolute atomic E-state index is 12.4. The molecule has 1 fully saturated rings. The first-order valence-corrected chi connectivity index (χ1v) is 7.73. The van der Waals surface area contributed by atoms with Crippen LogP contribution in [-0.2, 0) is 0 Å². The van der Waals surface area contributed by atoms with Crippen LogP contribution in [-0.4, -0.2) is 11.9 Å². The molecule has 0 bridgehead atoms. The van der Waals surface area contributed by atoms with Crippen molar-refractivity contribution in [1.82, 2.24) is 5.32 Å². The van der Waals surface area contributed by atoms with Crippen molar-refractivity contribution in [1.29, 1.82) is 0 Å². The van der Waals surface area contributed by atoms with Gasteiger partial charge in [-0.3, -0.25) is 4.79 Å². The van der Waals surface area contributed by atoms with E-state index >= 15 is 0 Å². The fourth-order valence-electron chi connectivity index (χ4n) is 2.62. The molecule has 1 aromatic rings. The summed E-state index contributed by atoms with van der Waals surface area (Å²) in [5, 5.41) is 3.16. The predicted octanol–water partition coefficient (Wildman–Crippen LogP) is 3.79. The van der Waals surface area contributed by atoms with E-state index in [1.807, 2.05) is 19.1 Å². The first kappa shape index (κ1) is 14.4. The zero-order valence-corrected chi connectivity index (χ0v) is 12.9. The Hall–Kier alpha value is -1.03. The SMILES string of the molecule is Cc1c(N)cc(Br)cc1C(=O)NC1CCCCCC1. The van der Waals surface area contributed by atoms with Crippen LogP contribution in [0.2, 0.25) is 0 Å². The minimum Gasteiger partial charge on any atom is -0.398 e. The van der Waals surface area contributed by atoms with E-state index in [-0.39, 0.29) is 5.91 Å². The summed E-state index contributed by atoms with van der Waals surface area (Å²) in [6.45, 7) is 1.89. The maximum atomic E-state index is 12.4. The first-order valence-electron chi connectivity index (χ1n) is 6.94. The van der Waals surface area contributed by atoms with E-state index in [1.54, 1.807) is 0 Å². The lowest BCUT2D eigenvalue weighted by atomic mass is 10.0. The summed E-state index contributed by atoms with van der Waals surface area (Å²) < 4.78 is 0.849. The highest BCUT2D eigenvalue weighted by Gasteiger charge is 2.18. The topological polar surface area (TPSA) is 55.1 Å². The smallest absolute Gasteiger partial charge is 0.251 e. The molecule has 0 saturated heterocycles. The van der Waals surface area contributed by atoms with Gasteiger partial charge in [0.15, 0.2) is 0 Å². The lowest BCUT2D eigenvalue weighted by Gasteiger charge is -2.17. The van der Waals surface area contributed by atoms with E-state index in [1.165, 1.54) is 25.7 Å². The minimum absolute atomic E-state index is 0.00241. The molecule has 104 valence electrons. The average Bonchev–Trinajstić information content (AvgIpc) is 2.62. The van der Waals surface area contributed by atoms with Crippen molar-refractivity contribution < 1.29 is 4.79 Å². The Morgan fingerprint density at radius 1 is 1.26 bits per heavy atom. The second kappa shape index (κ2) is 6.42. The second-order valence-electron chi connectivity index (χ2n) is 5.33. The number of rotatable bonds is 2. The summed E-state index contributed by atoms with van der Waals surface area (Å²) >= 11 is 3.39. The lowest BCUT2D eigenvalue weighted by Crippen LogP contribution is -2.34. The molecule has 3 nitrogen and oxygen atoms in total. The van der Waals surface area contributed by atoms with Crippen molar-refractivity contribution in [2.24, 2.45) is 0 Å². The molecule has 0 radical (unpaired) electrons. The molecule has 0 aromatic heterocycles. The molecule has 3 N–H and O–H groups in total. The normalized spacial score (nSPS) is 16.9. The van der Waals surface area contributed by atoms with Crippen molar-refractivity contribution in [2.75, 3.05) is 5.73 Å². The summed E-state index contributed by atoms with van der Waals surface area (Å²) in [6.07, 6.45) is 7.18. The van der Waals surface area contributed by atoms with Crippen LogP contribution in [0.5, 0.6) is 0 Å². The molecule has 19 heavy (non-hydrogen) atoms. The Morgan fingerprint density at radius 3 is 2.53 bits per heavy atom. The molecule has 4 heteroatoms. The van der Waals surface area contributed by atoms with Crippen LogP contribution < -0.4 is 11.1 Å². The van der Waals surface area contributed by atoms with Gasteiger partial charge in [0.05, 0.1) is 0 Å². The number of halogens is 1. The third-order valence-corrected chi connectivity index (χ3v) is 4.31. The Bertz CT molecular complexity index is 465. The molecule has 0 aliphatic heterocycles. The van der Waals surface area contributed by atoms with Gasteiger partial charge < -0.3 is 11.1 Å². The van der Waals surface area contributed by atoms with Crippen molar-refractivity contribution >= 4 is 27.5 Å². The van der Waals surface area contributed by atoms with Crippen LogP contribution >= 0.6 is 15.9 Å². The van der Waals surface area contributed by atoms with Crippen molar-refractivity contribution in [2.45, 2.75) is 51.5 Å². The van der Waals surface area contributed by atoms with Gasteiger partial charge in [0.25, 0.3) is 5.91 Å². The number of nitrogen functional groups attached to an aromatic ring is 1. The van der Waals surface area contributed by atoms with E-state index in [2.05, 4.69) is 21.2 Å². The van der Waals surface area contributed by atoms with E-state index < -0.39 is 0 Å². The second-order valence-corrected chi connectivity index (χ2v) is 6.25. The molecular formula is C15H21BrN2O. The van der Waals surface area contributed by atoms with Crippen molar-refractivity contribution in [3.05, 3.63) is 27.7 Å². The lowest BCUT2D eigenvalue weighted by molar-refractivity contribution is 0.0932. The van der Waals surface area contributed by atoms with Crippen molar-refractivity contribution in [3.8, 4) is 0 Å². The molecule has 1 aromatic carbocycles. The molecule has 1 aliphatic carbocycles. The number of carbonyl (C=O) groups is 1. The number of anilines is 1. The highest BCUT2D eigenvalue weighted by molar-refractivity contribution is 9.10. The fraction of sp³-hybridized carbons (Fsp3) is 0.533. The van der Waals surface area contributed by atoms with Crippen LogP contribution in [0, 0.1) is 6.92 Å². The molecule has 0 spiro atoms. The van der Waals surface area contributed by atoms with Gasteiger partial charge in [-0.05, 0) is 37.5 Å². The van der Waals surface area contributed by atoms with Crippen LogP contribution in [0.25, 0.3) is 0 Å². The molecule has 1 saturated carbocycles. The van der Waals surface area contributed by atoms with Gasteiger partial charge in [0.1, 0.15) is 0 Å². The summed E-state index contributed by atoms with van der Waals surface area (Å²) in [5.74, 6) is -0.00241. The standard InChI is InChI=1S/C15H21BrN2O/c1-10-13(8-11(16)9-14(10)17)15(19)18-12-6-4-2-3-5-7-12/h8-9,12H,2-7,17H2,1H3,(H,18,19). The highest BCUT2D eigenvalue weighted by Crippen LogP contribution is 2.23. The number of nitrogens with one attached hydrogen (secondary N) is 1. The quantitative estimate of drug-likeness (QED) is 0.642. The summed E-state index contributed by atoms with van der Waals surface area (Å²) in [4.78, 5) is 12.4. The number of carbonyl (C=O) groups excluding carboxylic acids is 1. The Morgan fingerprint density at radius 2 is 1.89 bits per heavy atom.